The van der Waals surface area contributed by atoms with E-state index in [1.165, 1.54) is 18.9 Å². The Bertz CT molecular complexity index is 458. The van der Waals surface area contributed by atoms with Gasteiger partial charge in [0.2, 0.25) is 0 Å². The van der Waals surface area contributed by atoms with Crippen LogP contribution in [-0.4, -0.2) is 5.67 Å². The van der Waals surface area contributed by atoms with Gasteiger partial charge >= 0.3 is 0 Å². The molecular weight excluding hydrogens is 290 g/mol. The molecule has 2 heteroatoms. The highest BCUT2D eigenvalue weighted by Crippen LogP contribution is 2.46. The first-order chi connectivity index (χ1) is 10.7. The molecule has 1 rings (SSSR count). The van der Waals surface area contributed by atoms with Gasteiger partial charge in [0.05, 0.1) is 0 Å². The summed E-state index contributed by atoms with van der Waals surface area (Å²) in [5, 5.41) is 0. The highest BCUT2D eigenvalue weighted by molar-refractivity contribution is 5.29. The molecule has 0 amide bonds. The third kappa shape index (κ3) is 5.75. The van der Waals surface area contributed by atoms with Crippen molar-refractivity contribution >= 4 is 0 Å². The highest BCUT2D eigenvalue weighted by atomic mass is 19.1. The fourth-order valence-corrected chi connectivity index (χ4v) is 3.63. The summed E-state index contributed by atoms with van der Waals surface area (Å²) < 4.78 is 28.6. The Kier molecular flexibility index (Phi) is 7.44. The van der Waals surface area contributed by atoms with E-state index in [9.17, 15) is 4.39 Å². The molecule has 0 bridgehead atoms. The van der Waals surface area contributed by atoms with Crippen LogP contribution in [0.2, 0.25) is 0 Å². The minimum Gasteiger partial charge on any atom is -0.239 e. The van der Waals surface area contributed by atoms with Gasteiger partial charge in [-0.15, -0.1) is 6.58 Å². The smallest absolute Gasteiger partial charge is 0.132 e. The third-order valence-corrected chi connectivity index (χ3v) is 5.11. The van der Waals surface area contributed by atoms with Crippen LogP contribution < -0.4 is 0 Å². The van der Waals surface area contributed by atoms with Gasteiger partial charge < -0.3 is 0 Å². The van der Waals surface area contributed by atoms with Crippen molar-refractivity contribution in [2.24, 2.45) is 11.3 Å². The minimum absolute atomic E-state index is 0.0515. The summed E-state index contributed by atoms with van der Waals surface area (Å²) >= 11 is 0. The Morgan fingerprint density at radius 1 is 1.13 bits per heavy atom. The van der Waals surface area contributed by atoms with E-state index in [0.717, 1.165) is 31.3 Å². The van der Waals surface area contributed by atoms with Crippen LogP contribution in [0.1, 0.15) is 65.7 Å². The number of hydrogen-bond donors (Lipinski definition) is 0. The van der Waals surface area contributed by atoms with Gasteiger partial charge in [-0.3, -0.25) is 0 Å². The monoisotopic (exact) mass is 322 g/mol. The molecule has 130 valence electrons. The van der Waals surface area contributed by atoms with Crippen molar-refractivity contribution in [3.63, 3.8) is 0 Å². The van der Waals surface area contributed by atoms with E-state index in [4.69, 9.17) is 0 Å². The number of allylic oxidation sites excluding steroid dienone is 6. The molecule has 0 nitrogen and oxygen atoms in total. The van der Waals surface area contributed by atoms with E-state index >= 15 is 4.39 Å². The van der Waals surface area contributed by atoms with E-state index in [-0.39, 0.29) is 5.92 Å². The first-order valence-electron chi connectivity index (χ1n) is 8.76. The summed E-state index contributed by atoms with van der Waals surface area (Å²) in [6.45, 7) is 12.8. The van der Waals surface area contributed by atoms with Gasteiger partial charge in [0.15, 0.2) is 0 Å². The topological polar surface area (TPSA) is 0 Å². The van der Waals surface area contributed by atoms with Crippen LogP contribution in [0.3, 0.4) is 0 Å². The molecule has 0 aromatic carbocycles. The van der Waals surface area contributed by atoms with Crippen molar-refractivity contribution in [1.29, 1.82) is 0 Å². The van der Waals surface area contributed by atoms with E-state index < -0.39 is 16.9 Å². The second kappa shape index (κ2) is 8.61. The third-order valence-electron chi connectivity index (χ3n) is 5.11. The van der Waals surface area contributed by atoms with Crippen LogP contribution in [-0.2, 0) is 0 Å². The van der Waals surface area contributed by atoms with Crippen molar-refractivity contribution in [1.82, 2.24) is 0 Å². The maximum atomic E-state index is 15.9. The van der Waals surface area contributed by atoms with Crippen LogP contribution in [0.4, 0.5) is 8.78 Å². The Hall–Kier alpha value is -1.18. The summed E-state index contributed by atoms with van der Waals surface area (Å²) in [5.41, 5.74) is -1.01. The first-order valence-corrected chi connectivity index (χ1v) is 8.76. The van der Waals surface area contributed by atoms with Crippen LogP contribution >= 0.6 is 0 Å². The summed E-state index contributed by atoms with van der Waals surface area (Å²) in [4.78, 5) is 0. The molecule has 1 aliphatic carbocycles. The number of halogens is 2. The van der Waals surface area contributed by atoms with Gasteiger partial charge in [0, 0.05) is 5.41 Å². The van der Waals surface area contributed by atoms with E-state index in [1.54, 1.807) is 13.0 Å². The van der Waals surface area contributed by atoms with E-state index in [1.807, 2.05) is 26.0 Å². The molecule has 1 aliphatic rings. The van der Waals surface area contributed by atoms with Gasteiger partial charge in [0.25, 0.3) is 0 Å². The molecule has 1 unspecified atom stereocenters. The first kappa shape index (κ1) is 19.9. The lowest BCUT2D eigenvalue weighted by molar-refractivity contribution is 0.111. The molecule has 0 heterocycles. The average molecular weight is 322 g/mol. The number of hydrogen-bond acceptors (Lipinski definition) is 0. The van der Waals surface area contributed by atoms with Gasteiger partial charge in [0.1, 0.15) is 11.5 Å². The second-order valence-electron chi connectivity index (χ2n) is 7.39. The van der Waals surface area contributed by atoms with Crippen LogP contribution in [0, 0.1) is 11.3 Å². The molecule has 0 spiro atoms. The van der Waals surface area contributed by atoms with Gasteiger partial charge in [-0.1, -0.05) is 64.3 Å². The minimum atomic E-state index is -1.36. The van der Waals surface area contributed by atoms with Crippen LogP contribution in [0.25, 0.3) is 0 Å². The van der Waals surface area contributed by atoms with Crippen molar-refractivity contribution in [3.8, 4) is 0 Å². The fourth-order valence-electron chi connectivity index (χ4n) is 3.63. The number of alkyl halides is 1. The maximum absolute atomic E-state index is 15.9. The van der Waals surface area contributed by atoms with E-state index in [2.05, 4.69) is 13.2 Å². The zero-order valence-electron chi connectivity index (χ0n) is 15.0. The Labute approximate surface area is 141 Å². The van der Waals surface area contributed by atoms with Crippen LogP contribution in [0.5, 0.6) is 0 Å². The molecule has 23 heavy (non-hydrogen) atoms. The summed E-state index contributed by atoms with van der Waals surface area (Å²) in [7, 11) is 0. The lowest BCUT2D eigenvalue weighted by Crippen LogP contribution is -2.37. The Balaban J connectivity index is 3.07. The molecule has 0 radical (unpaired) electrons. The lowest BCUT2D eigenvalue weighted by atomic mass is 9.69. The maximum Gasteiger partial charge on any atom is 0.132 e. The summed E-state index contributed by atoms with van der Waals surface area (Å²) in [6, 6.07) is 0. The molecule has 1 saturated carbocycles. The van der Waals surface area contributed by atoms with Crippen molar-refractivity contribution < 1.29 is 8.78 Å². The molecule has 0 aromatic rings. The standard InChI is InChI=1S/C21H32F2/c1-6-20(3,4)19(16-12-11-13-17(2)22)21(5,23)18-14-9-7-8-10-15-18/h6,11,13,16,18H,1-2,7-10,12,14-15H2,3-5H3/b13-11-,19-16+. The Morgan fingerprint density at radius 3 is 2.17 bits per heavy atom. The zero-order valence-corrected chi connectivity index (χ0v) is 15.0. The van der Waals surface area contributed by atoms with E-state index in [0.29, 0.717) is 6.42 Å². The molecule has 1 atom stereocenters. The average Bonchev–Trinajstić information content (AvgIpc) is 2.75. The predicted molar refractivity (Wildman–Crippen MR) is 96.8 cm³/mol. The van der Waals surface area contributed by atoms with Gasteiger partial charge in [-0.05, 0) is 43.8 Å². The molecule has 0 aliphatic heterocycles. The quantitative estimate of drug-likeness (QED) is 0.263. The van der Waals surface area contributed by atoms with Crippen molar-refractivity contribution in [2.75, 3.05) is 0 Å². The lowest BCUT2D eigenvalue weighted by Gasteiger charge is -2.39. The molecule has 1 fully saturated rings. The summed E-state index contributed by atoms with van der Waals surface area (Å²) in [5.74, 6) is -0.426. The zero-order chi connectivity index (χ0) is 17.5. The molecule has 0 saturated heterocycles. The predicted octanol–water partition coefficient (Wildman–Crippen LogP) is 7.25. The SMILES string of the molecule is C=CC(C)(C)/C(=C\C/C=C\C(=C)F)C(C)(F)C1CCCCCC1. The van der Waals surface area contributed by atoms with Gasteiger partial charge in [-0.25, -0.2) is 8.78 Å². The normalized spacial score (nSPS) is 21.0. The van der Waals surface area contributed by atoms with Crippen molar-refractivity contribution in [2.45, 2.75) is 71.4 Å². The van der Waals surface area contributed by atoms with Crippen molar-refractivity contribution in [3.05, 3.63) is 48.9 Å². The fraction of sp³-hybridized carbons (Fsp3) is 0.619. The Morgan fingerprint density at radius 2 is 1.70 bits per heavy atom. The summed E-state index contributed by atoms with van der Waals surface area (Å²) in [6.07, 6.45) is 13.7. The largest absolute Gasteiger partial charge is 0.239 e. The second-order valence-corrected chi connectivity index (χ2v) is 7.39. The molecular formula is C21H32F2. The molecule has 0 aromatic heterocycles. The number of rotatable bonds is 7. The molecule has 0 N–H and O–H groups in total. The van der Waals surface area contributed by atoms with Crippen LogP contribution in [0.15, 0.2) is 48.9 Å². The highest BCUT2D eigenvalue weighted by Gasteiger charge is 2.42. The van der Waals surface area contributed by atoms with Gasteiger partial charge in [-0.2, -0.15) is 0 Å².